The monoisotopic (exact) mass is 361 g/mol. The molecule has 0 saturated carbocycles. The molecule has 1 amide bonds. The Morgan fingerprint density at radius 3 is 2.59 bits per heavy atom. The van der Waals surface area contributed by atoms with E-state index in [1.165, 1.54) is 30.3 Å². The number of primary amides is 1. The standard InChI is InChI=1S/C16H20AsN3O2/c1-20-8-6-13(7-9-20)17-12-4-2-11(3-5-12)14-10-15(16(18)21)22-19-14/h2-5,10,13,17H,6-9H2,1H3,(H2,18,21). The average Bonchev–Trinajstić information content (AvgIpc) is 3.00. The molecule has 1 aromatic carbocycles. The van der Waals surface area contributed by atoms with E-state index in [1.54, 1.807) is 6.07 Å². The summed E-state index contributed by atoms with van der Waals surface area (Å²) in [4.78, 5) is 13.4. The maximum atomic E-state index is 11.0. The molecule has 1 unspecified atom stereocenters. The zero-order valence-electron chi connectivity index (χ0n) is 12.6. The van der Waals surface area contributed by atoms with Crippen molar-refractivity contribution in [1.82, 2.24) is 10.1 Å². The van der Waals surface area contributed by atoms with Crippen LogP contribution >= 0.6 is 0 Å². The van der Waals surface area contributed by atoms with Crippen LogP contribution in [0.15, 0.2) is 34.9 Å². The van der Waals surface area contributed by atoms with Crippen molar-refractivity contribution in [3.05, 3.63) is 36.1 Å². The number of likely N-dealkylation sites (tertiary alicyclic amines) is 1. The Labute approximate surface area is 136 Å². The Bertz CT molecular complexity index is 646. The zero-order valence-corrected chi connectivity index (χ0v) is 14.7. The first-order valence-corrected chi connectivity index (χ1v) is 9.70. The fourth-order valence-electron chi connectivity index (χ4n) is 2.65. The molecule has 0 aliphatic carbocycles. The van der Waals surface area contributed by atoms with Crippen molar-refractivity contribution in [2.75, 3.05) is 20.1 Å². The summed E-state index contributed by atoms with van der Waals surface area (Å²) < 4.78 is 7.29. The summed E-state index contributed by atoms with van der Waals surface area (Å²) in [6.45, 7) is 2.45. The number of benzene rings is 1. The van der Waals surface area contributed by atoms with Crippen LogP contribution in [-0.2, 0) is 0 Å². The van der Waals surface area contributed by atoms with Crippen molar-refractivity contribution < 1.29 is 9.32 Å². The molecule has 0 spiro atoms. The second-order valence-electron chi connectivity index (χ2n) is 5.74. The van der Waals surface area contributed by atoms with Gasteiger partial charge in [0.2, 0.25) is 0 Å². The summed E-state index contributed by atoms with van der Waals surface area (Å²) in [5.74, 6) is -0.497. The second kappa shape index (κ2) is 6.67. The van der Waals surface area contributed by atoms with Crippen LogP contribution in [0.4, 0.5) is 0 Å². The predicted molar refractivity (Wildman–Crippen MR) is 87.7 cm³/mol. The number of aromatic nitrogens is 1. The van der Waals surface area contributed by atoms with Crippen LogP contribution in [0.3, 0.4) is 0 Å². The maximum absolute atomic E-state index is 11.0. The molecule has 3 rings (SSSR count). The Kier molecular flexibility index (Phi) is 4.65. The summed E-state index contributed by atoms with van der Waals surface area (Å²) in [5.41, 5.74) is 6.78. The molecule has 2 N–H and O–H groups in total. The van der Waals surface area contributed by atoms with Gasteiger partial charge in [-0.1, -0.05) is 0 Å². The van der Waals surface area contributed by atoms with Gasteiger partial charge in [0.1, 0.15) is 0 Å². The minimum atomic E-state index is -0.593. The first-order valence-electron chi connectivity index (χ1n) is 7.44. The van der Waals surface area contributed by atoms with Crippen LogP contribution in [0, 0.1) is 0 Å². The average molecular weight is 361 g/mol. The van der Waals surface area contributed by atoms with Crippen molar-refractivity contribution in [3.8, 4) is 11.3 Å². The molecule has 0 radical (unpaired) electrons. The zero-order chi connectivity index (χ0) is 15.5. The summed E-state index contributed by atoms with van der Waals surface area (Å²) in [6.07, 6.45) is 2.65. The van der Waals surface area contributed by atoms with Gasteiger partial charge in [0, 0.05) is 0 Å². The van der Waals surface area contributed by atoms with Gasteiger partial charge >= 0.3 is 136 Å². The van der Waals surface area contributed by atoms with Crippen LogP contribution in [-0.4, -0.2) is 51.9 Å². The number of amides is 1. The van der Waals surface area contributed by atoms with Crippen LogP contribution in [0.2, 0.25) is 4.71 Å². The second-order valence-corrected chi connectivity index (χ2v) is 9.27. The Morgan fingerprint density at radius 1 is 1.32 bits per heavy atom. The molecule has 2 heterocycles. The first kappa shape index (κ1) is 15.3. The molecule has 116 valence electrons. The van der Waals surface area contributed by atoms with Crippen LogP contribution in [0.5, 0.6) is 0 Å². The molecule has 1 aliphatic rings. The Balaban J connectivity index is 1.65. The molecule has 2 aromatic rings. The van der Waals surface area contributed by atoms with E-state index in [-0.39, 0.29) is 21.5 Å². The van der Waals surface area contributed by atoms with Gasteiger partial charge in [0.05, 0.1) is 0 Å². The van der Waals surface area contributed by atoms with Gasteiger partial charge in [-0.25, -0.2) is 0 Å². The Hall–Kier alpha value is -1.58. The van der Waals surface area contributed by atoms with Crippen LogP contribution in [0.1, 0.15) is 23.4 Å². The summed E-state index contributed by atoms with van der Waals surface area (Å²) in [7, 11) is 2.20. The number of carbonyl (C=O) groups is 1. The van der Waals surface area contributed by atoms with Crippen molar-refractivity contribution in [1.29, 1.82) is 0 Å². The molecule has 22 heavy (non-hydrogen) atoms. The van der Waals surface area contributed by atoms with Crippen LogP contribution < -0.4 is 10.1 Å². The third-order valence-electron chi connectivity index (χ3n) is 4.02. The van der Waals surface area contributed by atoms with Gasteiger partial charge in [-0.15, -0.1) is 0 Å². The first-order chi connectivity index (χ1) is 10.6. The van der Waals surface area contributed by atoms with Crippen molar-refractivity contribution in [2.45, 2.75) is 17.5 Å². The molecule has 1 aliphatic heterocycles. The van der Waals surface area contributed by atoms with Gasteiger partial charge in [-0.2, -0.15) is 0 Å². The summed E-state index contributed by atoms with van der Waals surface area (Å²) in [6, 6.07) is 10.1. The fraction of sp³-hybridized carbons (Fsp3) is 0.375. The number of nitrogens with two attached hydrogens (primary N) is 1. The van der Waals surface area contributed by atoms with E-state index in [0.29, 0.717) is 5.69 Å². The van der Waals surface area contributed by atoms with Crippen LogP contribution in [0.25, 0.3) is 11.3 Å². The molecular formula is C16H20AsN3O2. The molecule has 1 fully saturated rings. The van der Waals surface area contributed by atoms with E-state index in [0.717, 1.165) is 10.3 Å². The van der Waals surface area contributed by atoms with Gasteiger partial charge in [-0.3, -0.25) is 0 Å². The normalized spacial score (nSPS) is 17.3. The van der Waals surface area contributed by atoms with Gasteiger partial charge in [0.15, 0.2) is 0 Å². The fourth-order valence-corrected chi connectivity index (χ4v) is 5.54. The van der Waals surface area contributed by atoms with Gasteiger partial charge in [0.25, 0.3) is 0 Å². The van der Waals surface area contributed by atoms with Crippen molar-refractivity contribution in [3.63, 3.8) is 0 Å². The number of carbonyl (C=O) groups excluding carboxylic acids is 1. The SMILES string of the molecule is CN1CCC([AsH]c2ccc(-c3cc(C(N)=O)on3)cc2)CC1. The molecule has 1 saturated heterocycles. The minimum absolute atomic E-state index is 0.0927. The number of nitrogens with zero attached hydrogens (tertiary/aromatic N) is 2. The molecule has 0 bridgehead atoms. The molecule has 1 atom stereocenters. The van der Waals surface area contributed by atoms with E-state index in [1.807, 2.05) is 0 Å². The molecular weight excluding hydrogens is 341 g/mol. The quantitative estimate of drug-likeness (QED) is 0.826. The summed E-state index contributed by atoms with van der Waals surface area (Å²) >= 11 is -0.0927. The molecule has 5 nitrogen and oxygen atoms in total. The predicted octanol–water partition coefficient (Wildman–Crippen LogP) is 1.02. The molecule has 1 aromatic heterocycles. The van der Waals surface area contributed by atoms with Crippen molar-refractivity contribution >= 4 is 26.0 Å². The van der Waals surface area contributed by atoms with E-state index < -0.39 is 5.91 Å². The number of hydrogen-bond donors (Lipinski definition) is 1. The van der Waals surface area contributed by atoms with E-state index in [2.05, 4.69) is 41.4 Å². The van der Waals surface area contributed by atoms with E-state index in [9.17, 15) is 4.79 Å². The Morgan fingerprint density at radius 2 is 2.00 bits per heavy atom. The van der Waals surface area contributed by atoms with Gasteiger partial charge < -0.3 is 0 Å². The van der Waals surface area contributed by atoms with E-state index in [4.69, 9.17) is 10.3 Å². The number of rotatable bonds is 4. The third-order valence-corrected chi connectivity index (χ3v) is 7.49. The van der Waals surface area contributed by atoms with Crippen molar-refractivity contribution in [2.24, 2.45) is 5.73 Å². The van der Waals surface area contributed by atoms with E-state index >= 15 is 0 Å². The number of hydrogen-bond acceptors (Lipinski definition) is 4. The number of piperidine rings is 1. The molecule has 6 heteroatoms. The summed E-state index contributed by atoms with van der Waals surface area (Å²) in [5, 5.41) is 3.89. The topological polar surface area (TPSA) is 72.4 Å². The van der Waals surface area contributed by atoms with Gasteiger partial charge in [-0.05, 0) is 0 Å². The third kappa shape index (κ3) is 3.60.